The summed E-state index contributed by atoms with van der Waals surface area (Å²) >= 11 is 1.63. The lowest BCUT2D eigenvalue weighted by Crippen LogP contribution is -2.48. The third-order valence-corrected chi connectivity index (χ3v) is 6.40. The Morgan fingerprint density at radius 1 is 1.39 bits per heavy atom. The minimum atomic E-state index is -0.158. The molecule has 2 atom stereocenters. The Balaban J connectivity index is 1.35. The molecule has 0 saturated carbocycles. The summed E-state index contributed by atoms with van der Waals surface area (Å²) in [7, 11) is 0. The van der Waals surface area contributed by atoms with Gasteiger partial charge in [-0.05, 0) is 51.4 Å². The van der Waals surface area contributed by atoms with E-state index in [1.165, 1.54) is 12.8 Å². The molecule has 2 N–H and O–H groups in total. The Hall–Kier alpha value is -1.96. The van der Waals surface area contributed by atoms with E-state index < -0.39 is 0 Å². The zero-order chi connectivity index (χ0) is 19.3. The van der Waals surface area contributed by atoms with Crippen molar-refractivity contribution in [1.82, 2.24) is 15.2 Å². The number of carbonyl (C=O) groups is 1. The maximum Gasteiger partial charge on any atom is 0.319 e. The van der Waals surface area contributed by atoms with Crippen molar-refractivity contribution in [1.29, 1.82) is 0 Å². The van der Waals surface area contributed by atoms with Crippen LogP contribution in [-0.2, 0) is 4.74 Å². The van der Waals surface area contributed by atoms with Gasteiger partial charge in [-0.3, -0.25) is 4.90 Å². The largest absolute Gasteiger partial charge is 0.381 e. The van der Waals surface area contributed by atoms with Crippen LogP contribution in [0, 0.1) is 12.8 Å². The van der Waals surface area contributed by atoms with Crippen molar-refractivity contribution < 1.29 is 9.53 Å². The van der Waals surface area contributed by atoms with Gasteiger partial charge in [0.15, 0.2) is 0 Å². The second-order valence-electron chi connectivity index (χ2n) is 7.60. The Morgan fingerprint density at radius 2 is 2.25 bits per heavy atom. The number of nitrogens with one attached hydrogen (secondary N) is 2. The number of rotatable bonds is 6. The first kappa shape index (κ1) is 19.4. The molecule has 1 aromatic carbocycles. The fourth-order valence-electron chi connectivity index (χ4n) is 4.15. The number of ether oxygens (including phenoxy) is 1. The number of aryl methyl sites for hydroxylation is 1. The molecule has 6 nitrogen and oxygen atoms in total. The lowest BCUT2D eigenvalue weighted by atomic mass is 9.97. The van der Waals surface area contributed by atoms with Crippen molar-refractivity contribution in [3.63, 3.8) is 0 Å². The number of benzene rings is 1. The lowest BCUT2D eigenvalue weighted by Gasteiger charge is -2.31. The first-order chi connectivity index (χ1) is 13.7. The predicted molar refractivity (Wildman–Crippen MR) is 113 cm³/mol. The molecule has 1 aromatic heterocycles. The molecule has 28 heavy (non-hydrogen) atoms. The summed E-state index contributed by atoms with van der Waals surface area (Å²) in [6, 6.07) is 8.04. The van der Waals surface area contributed by atoms with E-state index in [1.54, 1.807) is 11.3 Å². The Labute approximate surface area is 170 Å². The molecule has 150 valence electrons. The molecule has 2 aromatic rings. The number of aromatic nitrogens is 1. The van der Waals surface area contributed by atoms with Crippen LogP contribution < -0.4 is 10.6 Å². The van der Waals surface area contributed by atoms with Crippen molar-refractivity contribution in [3.8, 4) is 11.3 Å². The number of hydrogen-bond acceptors (Lipinski definition) is 5. The van der Waals surface area contributed by atoms with Crippen molar-refractivity contribution in [2.75, 3.05) is 38.2 Å². The monoisotopic (exact) mass is 400 g/mol. The number of hydrogen-bond donors (Lipinski definition) is 2. The first-order valence-electron chi connectivity index (χ1n) is 10.1. The minimum absolute atomic E-state index is 0.158. The third kappa shape index (κ3) is 4.71. The lowest BCUT2D eigenvalue weighted by molar-refractivity contribution is 0.135. The number of amides is 2. The van der Waals surface area contributed by atoms with Crippen LogP contribution >= 0.6 is 11.3 Å². The highest BCUT2D eigenvalue weighted by Gasteiger charge is 2.32. The van der Waals surface area contributed by atoms with Crippen LogP contribution in [0.2, 0.25) is 0 Å². The van der Waals surface area contributed by atoms with E-state index in [9.17, 15) is 4.79 Å². The van der Waals surface area contributed by atoms with E-state index in [4.69, 9.17) is 4.74 Å². The maximum absolute atomic E-state index is 12.5. The van der Waals surface area contributed by atoms with Crippen LogP contribution in [0.15, 0.2) is 29.6 Å². The van der Waals surface area contributed by atoms with Crippen LogP contribution in [0.3, 0.4) is 0 Å². The molecule has 2 amide bonds. The molecule has 4 rings (SSSR count). The van der Waals surface area contributed by atoms with Crippen molar-refractivity contribution in [2.24, 2.45) is 5.92 Å². The molecule has 2 aliphatic rings. The minimum Gasteiger partial charge on any atom is -0.381 e. The summed E-state index contributed by atoms with van der Waals surface area (Å²) in [5.74, 6) is 0.509. The van der Waals surface area contributed by atoms with E-state index in [0.29, 0.717) is 18.5 Å². The zero-order valence-electron chi connectivity index (χ0n) is 16.3. The maximum atomic E-state index is 12.5. The van der Waals surface area contributed by atoms with E-state index in [2.05, 4.69) is 20.5 Å². The summed E-state index contributed by atoms with van der Waals surface area (Å²) in [6.45, 7) is 6.55. The highest BCUT2D eigenvalue weighted by atomic mass is 32.1. The molecule has 0 spiro atoms. The third-order valence-electron chi connectivity index (χ3n) is 5.63. The summed E-state index contributed by atoms with van der Waals surface area (Å²) < 4.78 is 5.60. The van der Waals surface area contributed by atoms with Gasteiger partial charge in [-0.1, -0.05) is 12.1 Å². The summed E-state index contributed by atoms with van der Waals surface area (Å²) in [5, 5.41) is 9.14. The fraction of sp³-hybridized carbons (Fsp3) is 0.524. The average Bonchev–Trinajstić information content (AvgIpc) is 3.45. The zero-order valence-corrected chi connectivity index (χ0v) is 17.1. The van der Waals surface area contributed by atoms with Gasteiger partial charge in [-0.2, -0.15) is 0 Å². The standard InChI is InChI=1S/C21H28N4O2S/c1-15-23-19(14-28-15)16-5-4-6-18(11-16)24-21(26)22-12-20(17-7-10-27-13-17)25-8-2-3-9-25/h4-6,11,14,17,20H,2-3,7-10,12-13H2,1H3,(H2,22,24,26)/t17-,20+/m1/s1. The highest BCUT2D eigenvalue weighted by Crippen LogP contribution is 2.25. The quantitative estimate of drug-likeness (QED) is 0.775. The highest BCUT2D eigenvalue weighted by molar-refractivity contribution is 7.09. The average molecular weight is 401 g/mol. The molecule has 2 saturated heterocycles. The number of likely N-dealkylation sites (tertiary alicyclic amines) is 1. The number of nitrogens with zero attached hydrogens (tertiary/aromatic N) is 2. The Kier molecular flexibility index (Phi) is 6.24. The fourth-order valence-corrected chi connectivity index (χ4v) is 4.77. The normalized spacial score (nSPS) is 21.0. The topological polar surface area (TPSA) is 66.5 Å². The first-order valence-corrected chi connectivity index (χ1v) is 11.0. The van der Waals surface area contributed by atoms with Crippen molar-refractivity contribution in [2.45, 2.75) is 32.2 Å². The molecule has 0 bridgehead atoms. The van der Waals surface area contributed by atoms with E-state index in [-0.39, 0.29) is 6.03 Å². The molecule has 2 fully saturated rings. The SMILES string of the molecule is Cc1nc(-c2cccc(NC(=O)NC[C@@H]([C@@H]3CCOC3)N3CCCC3)c2)cs1. The molecular weight excluding hydrogens is 372 g/mol. The van der Waals surface area contributed by atoms with Gasteiger partial charge in [0.2, 0.25) is 0 Å². The second kappa shape index (κ2) is 9.03. The van der Waals surface area contributed by atoms with Gasteiger partial charge in [0, 0.05) is 41.7 Å². The van der Waals surface area contributed by atoms with Crippen LogP contribution in [0.25, 0.3) is 11.3 Å². The number of urea groups is 1. The van der Waals surface area contributed by atoms with E-state index in [0.717, 1.165) is 54.7 Å². The predicted octanol–water partition coefficient (Wildman–Crippen LogP) is 3.74. The van der Waals surface area contributed by atoms with E-state index >= 15 is 0 Å². The number of anilines is 1. The van der Waals surface area contributed by atoms with Gasteiger partial charge < -0.3 is 15.4 Å². The van der Waals surface area contributed by atoms with E-state index in [1.807, 2.05) is 36.6 Å². The number of carbonyl (C=O) groups excluding carboxylic acids is 1. The van der Waals surface area contributed by atoms with Gasteiger partial charge in [0.05, 0.1) is 17.3 Å². The Morgan fingerprint density at radius 3 is 2.96 bits per heavy atom. The van der Waals surface area contributed by atoms with Crippen molar-refractivity contribution in [3.05, 3.63) is 34.7 Å². The van der Waals surface area contributed by atoms with Crippen LogP contribution in [0.5, 0.6) is 0 Å². The van der Waals surface area contributed by atoms with Gasteiger partial charge >= 0.3 is 6.03 Å². The molecule has 0 unspecified atom stereocenters. The summed E-state index contributed by atoms with van der Waals surface area (Å²) in [6.07, 6.45) is 3.58. The summed E-state index contributed by atoms with van der Waals surface area (Å²) in [5.41, 5.74) is 2.74. The van der Waals surface area contributed by atoms with Gasteiger partial charge in [-0.25, -0.2) is 9.78 Å². The summed E-state index contributed by atoms with van der Waals surface area (Å²) in [4.78, 5) is 19.6. The molecule has 3 heterocycles. The molecule has 2 aliphatic heterocycles. The van der Waals surface area contributed by atoms with Crippen LogP contribution in [0.1, 0.15) is 24.3 Å². The van der Waals surface area contributed by atoms with Gasteiger partial charge in [-0.15, -0.1) is 11.3 Å². The van der Waals surface area contributed by atoms with Gasteiger partial charge in [0.25, 0.3) is 0 Å². The van der Waals surface area contributed by atoms with Crippen LogP contribution in [-0.4, -0.2) is 54.8 Å². The van der Waals surface area contributed by atoms with Crippen LogP contribution in [0.4, 0.5) is 10.5 Å². The second-order valence-corrected chi connectivity index (χ2v) is 8.66. The smallest absolute Gasteiger partial charge is 0.319 e. The number of thiazole rings is 1. The molecule has 7 heteroatoms. The molecular formula is C21H28N4O2S. The Bertz CT molecular complexity index is 781. The molecule has 0 radical (unpaired) electrons. The van der Waals surface area contributed by atoms with Gasteiger partial charge in [0.1, 0.15) is 0 Å². The molecule has 0 aliphatic carbocycles. The van der Waals surface area contributed by atoms with Crippen molar-refractivity contribution >= 4 is 23.1 Å².